The number of nitrogens with one attached hydrogen (secondary N) is 1. The Morgan fingerprint density at radius 2 is 2.00 bits per heavy atom. The van der Waals surface area contributed by atoms with Gasteiger partial charge in [0.05, 0.1) is 17.0 Å². The molecule has 0 saturated heterocycles. The topological polar surface area (TPSA) is 92.5 Å². The second kappa shape index (κ2) is 6.23. The van der Waals surface area contributed by atoms with Gasteiger partial charge in [-0.1, -0.05) is 29.8 Å². The maximum Gasteiger partial charge on any atom is 0.271 e. The highest BCUT2D eigenvalue weighted by atomic mass is 35.5. The number of phenols is 1. The highest BCUT2D eigenvalue weighted by Gasteiger charge is 2.13. The number of carbonyl (C=O) groups excluding carboxylic acids is 1. The van der Waals surface area contributed by atoms with Gasteiger partial charge in [0.1, 0.15) is 5.75 Å². The minimum atomic E-state index is -0.608. The molecule has 2 rings (SSSR count). The maximum absolute atomic E-state index is 11.9. The van der Waals surface area contributed by atoms with Gasteiger partial charge < -0.3 is 10.4 Å². The third-order valence-corrected chi connectivity index (χ3v) is 3.14. The zero-order valence-corrected chi connectivity index (χ0v) is 11.5. The lowest BCUT2D eigenvalue weighted by Gasteiger charge is -2.08. The van der Waals surface area contributed by atoms with Crippen LogP contribution in [0.3, 0.4) is 0 Å². The van der Waals surface area contributed by atoms with Gasteiger partial charge in [-0.2, -0.15) is 0 Å². The van der Waals surface area contributed by atoms with E-state index in [4.69, 9.17) is 11.6 Å². The molecule has 0 radical (unpaired) electrons. The van der Waals surface area contributed by atoms with Gasteiger partial charge in [0.15, 0.2) is 0 Å². The van der Waals surface area contributed by atoms with E-state index in [-0.39, 0.29) is 23.5 Å². The molecule has 0 bridgehead atoms. The third-order valence-electron chi connectivity index (χ3n) is 2.77. The lowest BCUT2D eigenvalue weighted by atomic mass is 10.1. The normalized spacial score (nSPS) is 10.1. The number of nitrogens with zero attached hydrogens (tertiary/aromatic N) is 1. The number of amides is 1. The quantitative estimate of drug-likeness (QED) is 0.515. The van der Waals surface area contributed by atoms with E-state index in [9.17, 15) is 20.0 Å². The maximum atomic E-state index is 11.9. The Hall–Kier alpha value is -2.60. The summed E-state index contributed by atoms with van der Waals surface area (Å²) < 4.78 is 0. The minimum Gasteiger partial charge on any atom is -0.506 e. The molecule has 21 heavy (non-hydrogen) atoms. The lowest BCUT2D eigenvalue weighted by Crippen LogP contribution is -2.14. The van der Waals surface area contributed by atoms with Crippen molar-refractivity contribution in [3.05, 3.63) is 63.2 Å². The molecule has 7 heteroatoms. The molecule has 1 amide bonds. The van der Waals surface area contributed by atoms with Crippen LogP contribution in [-0.4, -0.2) is 15.9 Å². The zero-order valence-electron chi connectivity index (χ0n) is 10.7. The van der Waals surface area contributed by atoms with Crippen molar-refractivity contribution in [1.29, 1.82) is 0 Å². The Balaban J connectivity index is 2.15. The summed E-state index contributed by atoms with van der Waals surface area (Å²) in [5, 5.41) is 23.2. The molecule has 0 heterocycles. The van der Waals surface area contributed by atoms with E-state index >= 15 is 0 Å². The zero-order chi connectivity index (χ0) is 15.4. The monoisotopic (exact) mass is 306 g/mol. The molecule has 2 aromatic rings. The SMILES string of the molecule is O=C(Cc1ccccc1Cl)Nc1cc([N+](=O)[O-])ccc1O. The number of non-ortho nitro benzene ring substituents is 1. The van der Waals surface area contributed by atoms with E-state index in [1.807, 2.05) is 0 Å². The van der Waals surface area contributed by atoms with E-state index in [0.717, 1.165) is 18.2 Å². The molecule has 0 aliphatic carbocycles. The minimum absolute atomic E-state index is 0.00179. The van der Waals surface area contributed by atoms with Crippen molar-refractivity contribution in [2.24, 2.45) is 0 Å². The number of nitro benzene ring substituents is 1. The third kappa shape index (κ3) is 3.70. The van der Waals surface area contributed by atoms with Crippen molar-refractivity contribution >= 4 is 28.9 Å². The number of rotatable bonds is 4. The standard InChI is InChI=1S/C14H11ClN2O4/c15-11-4-2-1-3-9(11)7-14(19)16-12-8-10(17(20)21)5-6-13(12)18/h1-6,8,18H,7H2,(H,16,19). The molecule has 2 aromatic carbocycles. The lowest BCUT2D eigenvalue weighted by molar-refractivity contribution is -0.384. The average molecular weight is 307 g/mol. The molecule has 108 valence electrons. The smallest absolute Gasteiger partial charge is 0.271 e. The van der Waals surface area contributed by atoms with Gasteiger partial charge in [0.25, 0.3) is 5.69 Å². The molecule has 0 aliphatic rings. The van der Waals surface area contributed by atoms with Crippen LogP contribution in [-0.2, 0) is 11.2 Å². The fraction of sp³-hybridized carbons (Fsp3) is 0.0714. The molecule has 0 aliphatic heterocycles. The van der Waals surface area contributed by atoms with Crippen LogP contribution < -0.4 is 5.32 Å². The van der Waals surface area contributed by atoms with Crippen LogP contribution in [0.5, 0.6) is 5.75 Å². The van der Waals surface area contributed by atoms with Gasteiger partial charge in [-0.05, 0) is 17.7 Å². The molecule has 0 spiro atoms. The molecule has 2 N–H and O–H groups in total. The summed E-state index contributed by atoms with van der Waals surface area (Å²) in [5.41, 5.74) is 0.392. The summed E-state index contributed by atoms with van der Waals surface area (Å²) >= 11 is 5.95. The summed E-state index contributed by atoms with van der Waals surface area (Å²) in [5.74, 6) is -0.674. The number of halogens is 1. The Morgan fingerprint density at radius 1 is 1.29 bits per heavy atom. The summed E-state index contributed by atoms with van der Waals surface area (Å²) in [6.45, 7) is 0. The number of phenolic OH excluding ortho intramolecular Hbond substituents is 1. The van der Waals surface area contributed by atoms with Gasteiger partial charge in [0.2, 0.25) is 5.91 Å². The van der Waals surface area contributed by atoms with Gasteiger partial charge in [0, 0.05) is 17.2 Å². The first kappa shape index (κ1) is 14.8. The summed E-state index contributed by atoms with van der Waals surface area (Å²) in [4.78, 5) is 22.0. The average Bonchev–Trinajstić information content (AvgIpc) is 2.43. The van der Waals surface area contributed by atoms with E-state index in [2.05, 4.69) is 5.32 Å². The van der Waals surface area contributed by atoms with Gasteiger partial charge in [-0.25, -0.2) is 0 Å². The number of anilines is 1. The first-order chi connectivity index (χ1) is 9.97. The van der Waals surface area contributed by atoms with Crippen LogP contribution in [0, 0.1) is 10.1 Å². The molecule has 6 nitrogen and oxygen atoms in total. The molecular weight excluding hydrogens is 296 g/mol. The van der Waals surface area contributed by atoms with Crippen LogP contribution >= 0.6 is 11.6 Å². The number of nitro groups is 1. The summed E-state index contributed by atoms with van der Waals surface area (Å²) in [6.07, 6.45) is 0.00179. The van der Waals surface area contributed by atoms with Crippen molar-refractivity contribution in [2.75, 3.05) is 5.32 Å². The van der Waals surface area contributed by atoms with Crippen molar-refractivity contribution in [1.82, 2.24) is 0 Å². The van der Waals surface area contributed by atoms with Crippen molar-refractivity contribution in [3.8, 4) is 5.75 Å². The van der Waals surface area contributed by atoms with Gasteiger partial charge in [-0.15, -0.1) is 0 Å². The molecule has 0 saturated carbocycles. The fourth-order valence-corrected chi connectivity index (χ4v) is 1.95. The first-order valence-electron chi connectivity index (χ1n) is 5.98. The predicted molar refractivity (Wildman–Crippen MR) is 78.5 cm³/mol. The molecule has 0 aromatic heterocycles. The Kier molecular flexibility index (Phi) is 4.39. The highest BCUT2D eigenvalue weighted by molar-refractivity contribution is 6.31. The second-order valence-electron chi connectivity index (χ2n) is 4.27. The molecule has 0 unspecified atom stereocenters. The van der Waals surface area contributed by atoms with Crippen molar-refractivity contribution in [2.45, 2.75) is 6.42 Å². The number of hydrogen-bond acceptors (Lipinski definition) is 4. The van der Waals surface area contributed by atoms with Gasteiger partial charge in [-0.3, -0.25) is 14.9 Å². The second-order valence-corrected chi connectivity index (χ2v) is 4.68. The van der Waals surface area contributed by atoms with Gasteiger partial charge >= 0.3 is 0 Å². The number of carbonyl (C=O) groups is 1. The van der Waals surface area contributed by atoms with Crippen molar-refractivity contribution in [3.63, 3.8) is 0 Å². The Labute approximate surface area is 125 Å². The van der Waals surface area contributed by atoms with E-state index in [1.165, 1.54) is 0 Å². The van der Waals surface area contributed by atoms with Crippen molar-refractivity contribution < 1.29 is 14.8 Å². The largest absolute Gasteiger partial charge is 0.506 e. The Morgan fingerprint density at radius 3 is 2.67 bits per heavy atom. The van der Waals surface area contributed by atoms with E-state index in [0.29, 0.717) is 10.6 Å². The Bertz CT molecular complexity index is 703. The first-order valence-corrected chi connectivity index (χ1v) is 6.36. The molecular formula is C14H11ClN2O4. The number of aromatic hydroxyl groups is 1. The van der Waals surface area contributed by atoms with Crippen LogP contribution in [0.25, 0.3) is 0 Å². The van der Waals surface area contributed by atoms with Crippen LogP contribution in [0.2, 0.25) is 5.02 Å². The molecule has 0 atom stereocenters. The highest BCUT2D eigenvalue weighted by Crippen LogP contribution is 2.28. The summed E-state index contributed by atoms with van der Waals surface area (Å²) in [6, 6.07) is 10.3. The van der Waals surface area contributed by atoms with Crippen LogP contribution in [0.1, 0.15) is 5.56 Å². The fourth-order valence-electron chi connectivity index (χ4n) is 1.75. The van der Waals surface area contributed by atoms with Crippen LogP contribution in [0.15, 0.2) is 42.5 Å². The predicted octanol–water partition coefficient (Wildman–Crippen LogP) is 3.14. The number of hydrogen-bond donors (Lipinski definition) is 2. The van der Waals surface area contributed by atoms with Crippen LogP contribution in [0.4, 0.5) is 11.4 Å². The molecule has 0 fully saturated rings. The summed E-state index contributed by atoms with van der Waals surface area (Å²) in [7, 11) is 0. The van der Waals surface area contributed by atoms with E-state index < -0.39 is 10.8 Å². The van der Waals surface area contributed by atoms with E-state index in [1.54, 1.807) is 24.3 Å². The number of benzene rings is 2.